The van der Waals surface area contributed by atoms with Crippen molar-refractivity contribution in [3.8, 4) is 5.75 Å². The van der Waals surface area contributed by atoms with E-state index in [0.29, 0.717) is 5.75 Å². The summed E-state index contributed by atoms with van der Waals surface area (Å²) >= 11 is 3.48. The van der Waals surface area contributed by atoms with E-state index in [1.54, 1.807) is 6.07 Å². The maximum Gasteiger partial charge on any atom is 0.120 e. The first-order chi connectivity index (χ1) is 9.63. The summed E-state index contributed by atoms with van der Waals surface area (Å²) < 4.78 is 1.02. The second kappa shape index (κ2) is 7.43. The molecule has 1 aromatic rings. The fourth-order valence-electron chi connectivity index (χ4n) is 2.95. The highest BCUT2D eigenvalue weighted by Gasteiger charge is 2.22. The Labute approximate surface area is 130 Å². The van der Waals surface area contributed by atoms with Crippen molar-refractivity contribution >= 4 is 15.9 Å². The van der Waals surface area contributed by atoms with Crippen LogP contribution in [0.1, 0.15) is 38.3 Å². The first kappa shape index (κ1) is 15.8. The van der Waals surface area contributed by atoms with Crippen LogP contribution in [0, 0.1) is 5.92 Å². The summed E-state index contributed by atoms with van der Waals surface area (Å²) in [6, 6.07) is 5.88. The molecule has 0 amide bonds. The van der Waals surface area contributed by atoms with Gasteiger partial charge in [-0.15, -0.1) is 0 Å². The van der Waals surface area contributed by atoms with Crippen LogP contribution in [0.15, 0.2) is 22.7 Å². The van der Waals surface area contributed by atoms with Gasteiger partial charge >= 0.3 is 0 Å². The van der Waals surface area contributed by atoms with Crippen molar-refractivity contribution < 1.29 is 5.11 Å². The Kier molecular flexibility index (Phi) is 5.87. The lowest BCUT2D eigenvalue weighted by Crippen LogP contribution is -2.29. The second-order valence-electron chi connectivity index (χ2n) is 5.62. The highest BCUT2D eigenvalue weighted by Crippen LogP contribution is 2.29. The zero-order chi connectivity index (χ0) is 14.5. The standard InChI is InChI=1S/C16H25BrN2O/c1-3-15(14-9-13(17)5-6-16(14)20)18-10-12-7-8-19(4-2)11-12/h5-6,9,12,15,18,20H,3-4,7-8,10-11H2,1-2H3. The molecular formula is C16H25BrN2O. The highest BCUT2D eigenvalue weighted by atomic mass is 79.9. The van der Waals surface area contributed by atoms with Gasteiger partial charge in [-0.25, -0.2) is 0 Å². The highest BCUT2D eigenvalue weighted by molar-refractivity contribution is 9.10. The third-order valence-electron chi connectivity index (χ3n) is 4.24. The van der Waals surface area contributed by atoms with Crippen LogP contribution >= 0.6 is 15.9 Å². The number of halogens is 1. The molecule has 20 heavy (non-hydrogen) atoms. The summed E-state index contributed by atoms with van der Waals surface area (Å²) in [6.07, 6.45) is 2.26. The van der Waals surface area contributed by atoms with Gasteiger partial charge in [0.25, 0.3) is 0 Å². The average molecular weight is 341 g/mol. The van der Waals surface area contributed by atoms with E-state index in [0.717, 1.165) is 35.5 Å². The Morgan fingerprint density at radius 2 is 2.25 bits per heavy atom. The summed E-state index contributed by atoms with van der Waals surface area (Å²) in [7, 11) is 0. The second-order valence-corrected chi connectivity index (χ2v) is 6.54. The summed E-state index contributed by atoms with van der Waals surface area (Å²) in [6.45, 7) is 8.99. The van der Waals surface area contributed by atoms with Crippen molar-refractivity contribution in [2.24, 2.45) is 5.92 Å². The van der Waals surface area contributed by atoms with Gasteiger partial charge in [0.1, 0.15) is 5.75 Å². The molecular weight excluding hydrogens is 316 g/mol. The molecule has 0 bridgehead atoms. The molecule has 0 spiro atoms. The number of aromatic hydroxyl groups is 1. The molecule has 0 saturated carbocycles. The third-order valence-corrected chi connectivity index (χ3v) is 4.74. The minimum absolute atomic E-state index is 0.225. The van der Waals surface area contributed by atoms with Crippen molar-refractivity contribution in [1.82, 2.24) is 10.2 Å². The minimum Gasteiger partial charge on any atom is -0.508 e. The first-order valence-electron chi connectivity index (χ1n) is 7.58. The quantitative estimate of drug-likeness (QED) is 0.831. The zero-order valence-corrected chi connectivity index (χ0v) is 14.0. The molecule has 1 heterocycles. The van der Waals surface area contributed by atoms with Crippen LogP contribution in [-0.4, -0.2) is 36.2 Å². The largest absolute Gasteiger partial charge is 0.508 e. The number of phenolic OH excluding ortho intramolecular Hbond substituents is 1. The molecule has 0 radical (unpaired) electrons. The van der Waals surface area contributed by atoms with E-state index in [-0.39, 0.29) is 6.04 Å². The monoisotopic (exact) mass is 340 g/mol. The van der Waals surface area contributed by atoms with Gasteiger partial charge in [-0.2, -0.15) is 0 Å². The number of hydrogen-bond acceptors (Lipinski definition) is 3. The van der Waals surface area contributed by atoms with Gasteiger partial charge in [0.05, 0.1) is 0 Å². The van der Waals surface area contributed by atoms with Crippen LogP contribution in [0.3, 0.4) is 0 Å². The number of likely N-dealkylation sites (tertiary alicyclic amines) is 1. The molecule has 1 aliphatic heterocycles. The Balaban J connectivity index is 1.94. The van der Waals surface area contributed by atoms with Gasteiger partial charge in [-0.3, -0.25) is 0 Å². The smallest absolute Gasteiger partial charge is 0.120 e. The van der Waals surface area contributed by atoms with Crippen molar-refractivity contribution in [2.45, 2.75) is 32.7 Å². The van der Waals surface area contributed by atoms with Crippen molar-refractivity contribution in [2.75, 3.05) is 26.2 Å². The van der Waals surface area contributed by atoms with Gasteiger partial charge in [0.2, 0.25) is 0 Å². The predicted molar refractivity (Wildman–Crippen MR) is 87.1 cm³/mol. The van der Waals surface area contributed by atoms with Crippen LogP contribution in [0.25, 0.3) is 0 Å². The lowest BCUT2D eigenvalue weighted by atomic mass is 10.0. The van der Waals surface area contributed by atoms with Gasteiger partial charge in [0.15, 0.2) is 0 Å². The summed E-state index contributed by atoms with van der Waals surface area (Å²) in [5.41, 5.74) is 0.993. The summed E-state index contributed by atoms with van der Waals surface area (Å²) in [4.78, 5) is 2.50. The molecule has 1 aliphatic rings. The first-order valence-corrected chi connectivity index (χ1v) is 8.37. The molecule has 1 fully saturated rings. The zero-order valence-electron chi connectivity index (χ0n) is 12.4. The van der Waals surface area contributed by atoms with Crippen LogP contribution in [0.4, 0.5) is 0 Å². The minimum atomic E-state index is 0.225. The maximum absolute atomic E-state index is 10.0. The van der Waals surface area contributed by atoms with E-state index in [2.05, 4.69) is 40.0 Å². The van der Waals surface area contributed by atoms with Gasteiger partial charge in [0, 0.05) is 22.6 Å². The topological polar surface area (TPSA) is 35.5 Å². The fourth-order valence-corrected chi connectivity index (χ4v) is 3.33. The van der Waals surface area contributed by atoms with E-state index in [9.17, 15) is 5.11 Å². The fraction of sp³-hybridized carbons (Fsp3) is 0.625. The molecule has 1 aromatic carbocycles. The molecule has 4 heteroatoms. The molecule has 0 aliphatic carbocycles. The molecule has 3 nitrogen and oxygen atoms in total. The molecule has 1 saturated heterocycles. The summed E-state index contributed by atoms with van der Waals surface area (Å²) in [5.74, 6) is 1.12. The number of nitrogens with one attached hydrogen (secondary N) is 1. The van der Waals surface area contributed by atoms with Gasteiger partial charge < -0.3 is 15.3 Å². The van der Waals surface area contributed by atoms with Crippen molar-refractivity contribution in [3.05, 3.63) is 28.2 Å². The van der Waals surface area contributed by atoms with E-state index in [1.165, 1.54) is 19.5 Å². The maximum atomic E-state index is 10.0. The third kappa shape index (κ3) is 3.96. The molecule has 2 rings (SSSR count). The SMILES string of the molecule is CCC(NCC1CCN(CC)C1)c1cc(Br)ccc1O. The number of hydrogen-bond donors (Lipinski definition) is 2. The molecule has 112 valence electrons. The normalized spacial score (nSPS) is 21.2. The Morgan fingerprint density at radius 3 is 2.90 bits per heavy atom. The van der Waals surface area contributed by atoms with Crippen LogP contribution in [0.5, 0.6) is 5.75 Å². The lowest BCUT2D eigenvalue weighted by molar-refractivity contribution is 0.333. The van der Waals surface area contributed by atoms with E-state index in [1.807, 2.05) is 12.1 Å². The van der Waals surface area contributed by atoms with Crippen LogP contribution in [-0.2, 0) is 0 Å². The van der Waals surface area contributed by atoms with Gasteiger partial charge in [-0.05, 0) is 56.6 Å². The van der Waals surface area contributed by atoms with Crippen LogP contribution < -0.4 is 5.32 Å². The number of nitrogens with zero attached hydrogens (tertiary/aromatic N) is 1. The average Bonchev–Trinajstić information content (AvgIpc) is 2.91. The Bertz CT molecular complexity index is 438. The van der Waals surface area contributed by atoms with E-state index < -0.39 is 0 Å². The number of benzene rings is 1. The molecule has 2 unspecified atom stereocenters. The predicted octanol–water partition coefficient (Wildman–Crippen LogP) is 3.54. The molecule has 2 N–H and O–H groups in total. The Morgan fingerprint density at radius 1 is 1.45 bits per heavy atom. The molecule has 2 atom stereocenters. The van der Waals surface area contributed by atoms with Crippen molar-refractivity contribution in [1.29, 1.82) is 0 Å². The van der Waals surface area contributed by atoms with Gasteiger partial charge in [-0.1, -0.05) is 29.8 Å². The van der Waals surface area contributed by atoms with E-state index >= 15 is 0 Å². The molecule has 0 aromatic heterocycles. The number of phenols is 1. The number of rotatable bonds is 6. The lowest BCUT2D eigenvalue weighted by Gasteiger charge is -2.21. The Hall–Kier alpha value is -0.580. The van der Waals surface area contributed by atoms with Crippen LogP contribution in [0.2, 0.25) is 0 Å². The van der Waals surface area contributed by atoms with Crippen molar-refractivity contribution in [3.63, 3.8) is 0 Å². The van der Waals surface area contributed by atoms with E-state index in [4.69, 9.17) is 0 Å². The summed E-state index contributed by atoms with van der Waals surface area (Å²) in [5, 5.41) is 13.7.